The number of carbonyl (C=O) groups excluding carboxylic acids is 1. The zero-order valence-corrected chi connectivity index (χ0v) is 5.05. The van der Waals surface area contributed by atoms with Gasteiger partial charge in [-0.05, 0) is 12.5 Å². The molecular weight excluding hydrogens is 104 g/mol. The van der Waals surface area contributed by atoms with Gasteiger partial charge in [0.15, 0.2) is 0 Å². The summed E-state index contributed by atoms with van der Waals surface area (Å²) in [7, 11) is 0. The first kappa shape index (κ1) is 7.43. The Labute approximate surface area is 49.3 Å². The van der Waals surface area contributed by atoms with Gasteiger partial charge >= 0.3 is 0 Å². The van der Waals surface area contributed by atoms with Gasteiger partial charge in [-0.25, -0.2) is 0 Å². The zero-order valence-electron chi connectivity index (χ0n) is 5.05. The first-order valence-electron chi connectivity index (χ1n) is 2.68. The Balaban J connectivity index is 2.97. The van der Waals surface area contributed by atoms with E-state index in [-0.39, 0.29) is 0 Å². The summed E-state index contributed by atoms with van der Waals surface area (Å²) in [4.78, 5) is 9.67. The number of nitrogens with one attached hydrogen (secondary N) is 1. The first-order chi connectivity index (χ1) is 3.81. The highest BCUT2D eigenvalue weighted by molar-refractivity contribution is 5.45. The molecule has 3 N–H and O–H groups in total. The Hall–Kier alpha value is -0.570. The minimum Gasteiger partial charge on any atom is -0.358 e. The molecule has 0 bridgehead atoms. The molecule has 0 aliphatic heterocycles. The van der Waals surface area contributed by atoms with Crippen molar-refractivity contribution in [2.24, 2.45) is 11.7 Å². The van der Waals surface area contributed by atoms with E-state index < -0.39 is 0 Å². The van der Waals surface area contributed by atoms with Crippen molar-refractivity contribution in [1.29, 1.82) is 0 Å². The molecule has 0 radical (unpaired) electrons. The van der Waals surface area contributed by atoms with Gasteiger partial charge in [0, 0.05) is 6.54 Å². The Kier molecular flexibility index (Phi) is 4.26. The van der Waals surface area contributed by atoms with Gasteiger partial charge in [0.25, 0.3) is 0 Å². The molecule has 48 valence electrons. The van der Waals surface area contributed by atoms with Gasteiger partial charge in [-0.1, -0.05) is 6.92 Å². The lowest BCUT2D eigenvalue weighted by atomic mass is 10.2. The maximum Gasteiger partial charge on any atom is 0.207 e. The monoisotopic (exact) mass is 116 g/mol. The normalized spacial score (nSPS) is 12.8. The number of carbonyl (C=O) groups is 1. The predicted octanol–water partition coefficient (Wildman–Crippen LogP) is -0.673. The van der Waals surface area contributed by atoms with Gasteiger partial charge in [-0.15, -0.1) is 0 Å². The van der Waals surface area contributed by atoms with Crippen molar-refractivity contribution in [3.8, 4) is 0 Å². The summed E-state index contributed by atoms with van der Waals surface area (Å²) in [6.45, 7) is 3.29. The maximum atomic E-state index is 9.67. The van der Waals surface area contributed by atoms with E-state index in [1.54, 1.807) is 0 Å². The Bertz CT molecular complexity index is 65.4. The molecule has 0 aromatic heterocycles. The van der Waals surface area contributed by atoms with Crippen molar-refractivity contribution in [3.05, 3.63) is 0 Å². The summed E-state index contributed by atoms with van der Waals surface area (Å²) < 4.78 is 0. The molecule has 3 nitrogen and oxygen atoms in total. The molecule has 1 unspecified atom stereocenters. The third-order valence-electron chi connectivity index (χ3n) is 0.952. The van der Waals surface area contributed by atoms with E-state index in [0.29, 0.717) is 25.4 Å². The quantitative estimate of drug-likeness (QED) is 0.478. The van der Waals surface area contributed by atoms with E-state index in [2.05, 4.69) is 5.32 Å². The molecule has 0 aromatic rings. The topological polar surface area (TPSA) is 55.1 Å². The third kappa shape index (κ3) is 3.61. The maximum absolute atomic E-state index is 9.67. The SMILES string of the molecule is CC(CN)CNC=O. The van der Waals surface area contributed by atoms with Gasteiger partial charge in [0.05, 0.1) is 0 Å². The summed E-state index contributed by atoms with van der Waals surface area (Å²) in [5.41, 5.74) is 5.26. The first-order valence-corrected chi connectivity index (χ1v) is 2.68. The summed E-state index contributed by atoms with van der Waals surface area (Å²) >= 11 is 0. The highest BCUT2D eigenvalue weighted by Gasteiger charge is 1.93. The van der Waals surface area contributed by atoms with Crippen LogP contribution in [-0.4, -0.2) is 19.5 Å². The highest BCUT2D eigenvalue weighted by Crippen LogP contribution is 1.84. The van der Waals surface area contributed by atoms with Gasteiger partial charge in [-0.2, -0.15) is 0 Å². The van der Waals surface area contributed by atoms with E-state index in [1.807, 2.05) is 6.92 Å². The van der Waals surface area contributed by atoms with Crippen molar-refractivity contribution in [1.82, 2.24) is 5.32 Å². The van der Waals surface area contributed by atoms with Crippen molar-refractivity contribution in [3.63, 3.8) is 0 Å². The standard InChI is InChI=1S/C5H12N2O/c1-5(2-6)3-7-4-8/h4-5H,2-3,6H2,1H3,(H,7,8). The molecule has 0 saturated heterocycles. The van der Waals surface area contributed by atoms with Crippen LogP contribution in [0.15, 0.2) is 0 Å². The Morgan fingerprint density at radius 1 is 1.88 bits per heavy atom. The largest absolute Gasteiger partial charge is 0.358 e. The Morgan fingerprint density at radius 3 is 2.88 bits per heavy atom. The van der Waals surface area contributed by atoms with E-state index in [9.17, 15) is 4.79 Å². The fraction of sp³-hybridized carbons (Fsp3) is 0.800. The van der Waals surface area contributed by atoms with E-state index in [4.69, 9.17) is 5.73 Å². The molecule has 0 saturated carbocycles. The van der Waals surface area contributed by atoms with Crippen molar-refractivity contribution in [2.45, 2.75) is 6.92 Å². The number of hydrogen-bond acceptors (Lipinski definition) is 2. The fourth-order valence-corrected chi connectivity index (χ4v) is 0.333. The van der Waals surface area contributed by atoms with Gasteiger partial charge < -0.3 is 11.1 Å². The molecule has 8 heavy (non-hydrogen) atoms. The second-order valence-electron chi connectivity index (χ2n) is 1.87. The summed E-state index contributed by atoms with van der Waals surface area (Å²) in [6, 6.07) is 0. The summed E-state index contributed by atoms with van der Waals surface area (Å²) in [6.07, 6.45) is 0.687. The van der Waals surface area contributed by atoms with Gasteiger partial charge in [0.1, 0.15) is 0 Å². The lowest BCUT2D eigenvalue weighted by Crippen LogP contribution is -2.24. The molecule has 0 aliphatic rings. The van der Waals surface area contributed by atoms with Crippen LogP contribution >= 0.6 is 0 Å². The van der Waals surface area contributed by atoms with E-state index >= 15 is 0 Å². The fourth-order valence-electron chi connectivity index (χ4n) is 0.333. The van der Waals surface area contributed by atoms with Crippen LogP contribution in [0.3, 0.4) is 0 Å². The molecule has 1 atom stereocenters. The van der Waals surface area contributed by atoms with Crippen LogP contribution in [0, 0.1) is 5.92 Å². The van der Waals surface area contributed by atoms with Gasteiger partial charge in [0.2, 0.25) is 6.41 Å². The number of amides is 1. The summed E-state index contributed by atoms with van der Waals surface area (Å²) in [5.74, 6) is 0.389. The average Bonchev–Trinajstić information content (AvgIpc) is 1.83. The van der Waals surface area contributed by atoms with Crippen LogP contribution in [0.2, 0.25) is 0 Å². The minimum atomic E-state index is 0.389. The highest BCUT2D eigenvalue weighted by atomic mass is 16.1. The molecule has 0 spiro atoms. The second-order valence-corrected chi connectivity index (χ2v) is 1.87. The summed E-state index contributed by atoms with van der Waals surface area (Å²) in [5, 5.41) is 2.54. The number of rotatable bonds is 4. The van der Waals surface area contributed by atoms with Crippen molar-refractivity contribution < 1.29 is 4.79 Å². The van der Waals surface area contributed by atoms with Crippen LogP contribution in [0.4, 0.5) is 0 Å². The second kappa shape index (κ2) is 4.59. The number of hydrogen-bond donors (Lipinski definition) is 2. The molecular formula is C5H12N2O. The lowest BCUT2D eigenvalue weighted by molar-refractivity contribution is -0.109. The van der Waals surface area contributed by atoms with E-state index in [1.165, 1.54) is 0 Å². The molecule has 3 heteroatoms. The molecule has 0 rings (SSSR count). The molecule has 0 fully saturated rings. The zero-order chi connectivity index (χ0) is 6.41. The average molecular weight is 116 g/mol. The lowest BCUT2D eigenvalue weighted by Gasteiger charge is -2.04. The van der Waals surface area contributed by atoms with Crippen LogP contribution < -0.4 is 11.1 Å². The number of nitrogens with two attached hydrogens (primary N) is 1. The van der Waals surface area contributed by atoms with Crippen LogP contribution in [0.25, 0.3) is 0 Å². The van der Waals surface area contributed by atoms with Crippen LogP contribution in [0.5, 0.6) is 0 Å². The Morgan fingerprint density at radius 2 is 2.50 bits per heavy atom. The third-order valence-corrected chi connectivity index (χ3v) is 0.952. The van der Waals surface area contributed by atoms with Crippen molar-refractivity contribution in [2.75, 3.05) is 13.1 Å². The van der Waals surface area contributed by atoms with E-state index in [0.717, 1.165) is 0 Å². The molecule has 1 amide bonds. The predicted molar refractivity (Wildman–Crippen MR) is 32.3 cm³/mol. The van der Waals surface area contributed by atoms with Crippen LogP contribution in [-0.2, 0) is 4.79 Å². The van der Waals surface area contributed by atoms with Crippen molar-refractivity contribution >= 4 is 6.41 Å². The smallest absolute Gasteiger partial charge is 0.207 e. The molecule has 0 aliphatic carbocycles. The molecule has 0 aromatic carbocycles. The minimum absolute atomic E-state index is 0.389. The molecule has 0 heterocycles. The van der Waals surface area contributed by atoms with Crippen LogP contribution in [0.1, 0.15) is 6.92 Å². The van der Waals surface area contributed by atoms with Gasteiger partial charge in [-0.3, -0.25) is 4.79 Å².